The van der Waals surface area contributed by atoms with Crippen LogP contribution in [0.5, 0.6) is 6.01 Å². The van der Waals surface area contributed by atoms with Gasteiger partial charge in [-0.2, -0.15) is 15.2 Å². The standard InChI is InChI=1S/C34H42F2N8O3S/c35-21-11-34(7-2-9-44(34)15-21)19-46-33-40-25-16-43(26-5-4-24(36)30-28(26)23(12-37)31(38)48-30)17-27-29(25)32(41-33)42(10-6-22(18-45)47-27)14-20-3-1-8-39-13-20/h4-5,20-22,27,39,45H,1-3,6-11,13-19,38H2/t20?,21-,22?,27?,34+/m1/s1. The fourth-order valence-corrected chi connectivity index (χ4v) is 9.62. The van der Waals surface area contributed by atoms with Crippen molar-refractivity contribution < 1.29 is 23.4 Å². The van der Waals surface area contributed by atoms with Crippen molar-refractivity contribution in [3.05, 3.63) is 34.8 Å². The number of ether oxygens (including phenoxy) is 2. The van der Waals surface area contributed by atoms with E-state index in [1.54, 1.807) is 6.07 Å². The zero-order valence-corrected chi connectivity index (χ0v) is 27.8. The lowest BCUT2D eigenvalue weighted by Gasteiger charge is -2.42. The van der Waals surface area contributed by atoms with E-state index >= 15 is 4.39 Å². The maximum atomic E-state index is 15.0. The highest BCUT2D eigenvalue weighted by Crippen LogP contribution is 2.46. The fourth-order valence-electron chi connectivity index (χ4n) is 8.67. The number of rotatable bonds is 7. The van der Waals surface area contributed by atoms with E-state index < -0.39 is 24.2 Å². The summed E-state index contributed by atoms with van der Waals surface area (Å²) in [6.45, 7) is 5.62. The molecule has 14 heteroatoms. The number of hydrogen-bond donors (Lipinski definition) is 3. The van der Waals surface area contributed by atoms with Crippen LogP contribution in [0.2, 0.25) is 0 Å². The summed E-state index contributed by atoms with van der Waals surface area (Å²) < 4.78 is 43.0. The maximum absolute atomic E-state index is 15.0. The molecule has 48 heavy (non-hydrogen) atoms. The van der Waals surface area contributed by atoms with E-state index in [1.165, 1.54) is 6.07 Å². The van der Waals surface area contributed by atoms with Crippen LogP contribution in [0.4, 0.5) is 25.3 Å². The summed E-state index contributed by atoms with van der Waals surface area (Å²) >= 11 is 1.07. The summed E-state index contributed by atoms with van der Waals surface area (Å²) in [5, 5.41) is 24.6. The molecule has 3 unspecified atom stereocenters. The van der Waals surface area contributed by atoms with Crippen molar-refractivity contribution >= 4 is 37.9 Å². The Labute approximate surface area is 282 Å². The summed E-state index contributed by atoms with van der Waals surface area (Å²) in [6.07, 6.45) is 3.41. The van der Waals surface area contributed by atoms with Crippen molar-refractivity contribution in [2.24, 2.45) is 5.92 Å². The van der Waals surface area contributed by atoms with Crippen molar-refractivity contribution in [1.29, 1.82) is 5.26 Å². The van der Waals surface area contributed by atoms with Crippen LogP contribution in [0, 0.1) is 23.1 Å². The average Bonchev–Trinajstić information content (AvgIpc) is 3.73. The zero-order valence-electron chi connectivity index (χ0n) is 27.0. The van der Waals surface area contributed by atoms with Gasteiger partial charge >= 0.3 is 6.01 Å². The Hall–Kier alpha value is -3.35. The Kier molecular flexibility index (Phi) is 8.53. The largest absolute Gasteiger partial charge is 0.461 e. The number of fused-ring (bicyclic) bond motifs is 2. The monoisotopic (exact) mass is 680 g/mol. The van der Waals surface area contributed by atoms with E-state index in [0.717, 1.165) is 74.6 Å². The summed E-state index contributed by atoms with van der Waals surface area (Å²) in [7, 11) is 0. The molecule has 7 heterocycles. The van der Waals surface area contributed by atoms with Crippen molar-refractivity contribution in [3.63, 3.8) is 0 Å². The second-order valence-electron chi connectivity index (χ2n) is 14.0. The minimum atomic E-state index is -0.866. The molecule has 5 aliphatic heterocycles. The first-order chi connectivity index (χ1) is 23.4. The van der Waals surface area contributed by atoms with Crippen LogP contribution in [-0.2, 0) is 11.3 Å². The smallest absolute Gasteiger partial charge is 0.318 e. The lowest BCUT2D eigenvalue weighted by Crippen LogP contribution is -2.45. The van der Waals surface area contributed by atoms with Crippen LogP contribution in [-0.4, -0.2) is 96.8 Å². The van der Waals surface area contributed by atoms with Crippen LogP contribution >= 0.6 is 11.3 Å². The Morgan fingerprint density at radius 2 is 2.12 bits per heavy atom. The highest BCUT2D eigenvalue weighted by molar-refractivity contribution is 7.23. The number of anilines is 3. The third-order valence-electron chi connectivity index (χ3n) is 11.0. The molecule has 256 valence electrons. The summed E-state index contributed by atoms with van der Waals surface area (Å²) in [6, 6.07) is 5.53. The first kappa shape index (κ1) is 31.9. The van der Waals surface area contributed by atoms with E-state index in [0.29, 0.717) is 73.0 Å². The van der Waals surface area contributed by atoms with E-state index in [2.05, 4.69) is 26.1 Å². The third kappa shape index (κ3) is 5.63. The number of hydrogen-bond acceptors (Lipinski definition) is 12. The molecular formula is C34H42F2N8O3S. The number of aliphatic hydroxyl groups is 1. The van der Waals surface area contributed by atoms with Gasteiger partial charge in [-0.25, -0.2) is 8.78 Å². The minimum absolute atomic E-state index is 0.128. The molecule has 0 amide bonds. The van der Waals surface area contributed by atoms with Gasteiger partial charge in [-0.05, 0) is 69.8 Å². The highest BCUT2D eigenvalue weighted by atomic mass is 32.1. The molecule has 2 aromatic heterocycles. The minimum Gasteiger partial charge on any atom is -0.461 e. The Morgan fingerprint density at radius 3 is 2.94 bits per heavy atom. The van der Waals surface area contributed by atoms with Crippen molar-refractivity contribution in [3.8, 4) is 12.1 Å². The number of nitrogen functional groups attached to an aromatic ring is 1. The Balaban J connectivity index is 1.21. The summed E-state index contributed by atoms with van der Waals surface area (Å²) in [5.41, 5.74) is 8.35. The van der Waals surface area contributed by atoms with Gasteiger partial charge in [0, 0.05) is 49.2 Å². The number of halogens is 2. The summed E-state index contributed by atoms with van der Waals surface area (Å²) in [4.78, 5) is 16.7. The van der Waals surface area contributed by atoms with Crippen LogP contribution in [0.25, 0.3) is 10.1 Å². The molecule has 0 aliphatic carbocycles. The number of aliphatic hydroxyl groups excluding tert-OH is 1. The third-order valence-corrected chi connectivity index (χ3v) is 12.0. The number of alkyl halides is 1. The molecular weight excluding hydrogens is 638 g/mol. The van der Waals surface area contributed by atoms with Crippen molar-refractivity contribution in [2.75, 3.05) is 74.6 Å². The number of nitrogens with one attached hydrogen (secondary N) is 1. The number of nitrogens with zero attached hydrogens (tertiary/aromatic N) is 6. The van der Waals surface area contributed by atoms with Crippen molar-refractivity contribution in [1.82, 2.24) is 20.2 Å². The van der Waals surface area contributed by atoms with Gasteiger partial charge in [-0.3, -0.25) is 4.90 Å². The Morgan fingerprint density at radius 1 is 1.23 bits per heavy atom. The molecule has 3 aromatic rings. The van der Waals surface area contributed by atoms with Gasteiger partial charge in [0.05, 0.1) is 40.8 Å². The molecule has 5 atom stereocenters. The predicted octanol–water partition coefficient (Wildman–Crippen LogP) is 3.89. The van der Waals surface area contributed by atoms with Gasteiger partial charge in [-0.1, -0.05) is 0 Å². The zero-order chi connectivity index (χ0) is 33.0. The number of benzene rings is 1. The van der Waals surface area contributed by atoms with E-state index in [1.807, 2.05) is 0 Å². The van der Waals surface area contributed by atoms with Crippen LogP contribution in [0.3, 0.4) is 0 Å². The lowest BCUT2D eigenvalue weighted by atomic mass is 9.95. The molecule has 0 saturated carbocycles. The van der Waals surface area contributed by atoms with Crippen LogP contribution < -0.4 is 25.6 Å². The molecule has 5 aliphatic rings. The summed E-state index contributed by atoms with van der Waals surface area (Å²) in [5.74, 6) is 0.786. The molecule has 4 N–H and O–H groups in total. The van der Waals surface area contributed by atoms with E-state index in [9.17, 15) is 14.8 Å². The van der Waals surface area contributed by atoms with E-state index in [-0.39, 0.29) is 28.7 Å². The van der Waals surface area contributed by atoms with Crippen LogP contribution in [0.15, 0.2) is 12.1 Å². The first-order valence-corrected chi connectivity index (χ1v) is 18.0. The van der Waals surface area contributed by atoms with Crippen molar-refractivity contribution in [2.45, 2.75) is 69.0 Å². The predicted molar refractivity (Wildman–Crippen MR) is 180 cm³/mol. The van der Waals surface area contributed by atoms with Gasteiger partial charge in [0.15, 0.2) is 0 Å². The topological polar surface area (TPSA) is 136 Å². The van der Waals surface area contributed by atoms with Gasteiger partial charge in [0.2, 0.25) is 0 Å². The van der Waals surface area contributed by atoms with E-state index in [4.69, 9.17) is 25.2 Å². The average molecular weight is 681 g/mol. The number of nitrogens with two attached hydrogens (primary N) is 1. The van der Waals surface area contributed by atoms with Gasteiger partial charge in [0.25, 0.3) is 0 Å². The molecule has 11 nitrogen and oxygen atoms in total. The number of aromatic nitrogens is 2. The molecule has 1 aromatic carbocycles. The van der Waals surface area contributed by atoms with Crippen LogP contribution in [0.1, 0.15) is 61.4 Å². The highest BCUT2D eigenvalue weighted by Gasteiger charge is 2.49. The molecule has 3 saturated heterocycles. The molecule has 0 radical (unpaired) electrons. The quantitative estimate of drug-likeness (QED) is 0.336. The molecule has 0 spiro atoms. The molecule has 3 fully saturated rings. The first-order valence-electron chi connectivity index (χ1n) is 17.2. The Bertz CT molecular complexity index is 1730. The van der Waals surface area contributed by atoms with Gasteiger partial charge in [-0.15, -0.1) is 11.3 Å². The fraction of sp³-hybridized carbons (Fsp3) is 0.618. The normalized spacial score (nSPS) is 29.0. The van der Waals surface area contributed by atoms with Gasteiger partial charge in [0.1, 0.15) is 41.6 Å². The molecule has 0 bridgehead atoms. The SMILES string of the molecule is N#Cc1c(N)sc2c(F)ccc(N3Cc4nc(OC[C@@]56CCCN5C[C@H](F)C6)nc5c4C(C3)OC(CO)CCN5CC3CCCNC3)c12. The number of thiophene rings is 1. The number of nitriles is 1. The second kappa shape index (κ2) is 12.8. The number of piperidine rings is 1. The molecule has 8 rings (SSSR count). The maximum Gasteiger partial charge on any atom is 0.318 e. The lowest BCUT2D eigenvalue weighted by molar-refractivity contribution is -0.0447. The van der Waals surface area contributed by atoms with Gasteiger partial charge < -0.3 is 35.4 Å². The second-order valence-corrected chi connectivity index (χ2v) is 15.1.